The van der Waals surface area contributed by atoms with Gasteiger partial charge in [-0.2, -0.15) is 0 Å². The van der Waals surface area contributed by atoms with E-state index in [1.165, 1.54) is 0 Å². The predicted octanol–water partition coefficient (Wildman–Crippen LogP) is 1.03. The highest BCUT2D eigenvalue weighted by atomic mass is 15.3. The van der Waals surface area contributed by atoms with Crippen LogP contribution in [-0.2, 0) is 0 Å². The summed E-state index contributed by atoms with van der Waals surface area (Å²) in [5.41, 5.74) is 4.48. The summed E-state index contributed by atoms with van der Waals surface area (Å²) in [4.78, 5) is 8.29. The van der Waals surface area contributed by atoms with Gasteiger partial charge in [-0.3, -0.25) is 15.4 Å². The van der Waals surface area contributed by atoms with Gasteiger partial charge in [0.25, 0.3) is 0 Å². The van der Waals surface area contributed by atoms with Gasteiger partial charge in [-0.05, 0) is 25.0 Å². The van der Waals surface area contributed by atoms with Crippen LogP contribution in [0.2, 0.25) is 0 Å². The topological polar surface area (TPSA) is 75.3 Å². The van der Waals surface area contributed by atoms with Gasteiger partial charge >= 0.3 is 0 Å². The molecule has 1 aromatic heterocycles. The van der Waals surface area contributed by atoms with Crippen LogP contribution in [0.4, 0.5) is 5.69 Å². The molecular weight excluding hydrogens is 190 g/mol. The smallest absolute Gasteiger partial charge is 0.210 e. The normalized spacial score (nSPS) is 11.3. The van der Waals surface area contributed by atoms with E-state index in [-0.39, 0.29) is 0 Å². The number of aromatic nitrogens is 1. The third-order valence-corrected chi connectivity index (χ3v) is 1.77. The van der Waals surface area contributed by atoms with Crippen LogP contribution in [0.3, 0.4) is 0 Å². The lowest BCUT2D eigenvalue weighted by atomic mass is 10.3. The first-order chi connectivity index (χ1) is 7.26. The molecule has 1 rings (SSSR count). The minimum atomic E-state index is 0.559. The Kier molecular flexibility index (Phi) is 4.56. The van der Waals surface area contributed by atoms with Crippen LogP contribution in [-0.4, -0.2) is 17.5 Å². The number of nitrogens with zero attached hydrogens (tertiary/aromatic N) is 2. The predicted molar refractivity (Wildman–Crippen MR) is 62.5 cm³/mol. The van der Waals surface area contributed by atoms with Gasteiger partial charge in [0, 0.05) is 12.7 Å². The summed E-state index contributed by atoms with van der Waals surface area (Å²) in [5, 5.41) is 3.06. The minimum Gasteiger partial charge on any atom is -0.324 e. The van der Waals surface area contributed by atoms with Crippen LogP contribution in [0.5, 0.6) is 0 Å². The second-order valence-corrected chi connectivity index (χ2v) is 3.25. The summed E-state index contributed by atoms with van der Waals surface area (Å²) >= 11 is 0. The van der Waals surface area contributed by atoms with Crippen LogP contribution < -0.4 is 16.6 Å². The van der Waals surface area contributed by atoms with Crippen molar-refractivity contribution < 1.29 is 0 Å². The lowest BCUT2D eigenvalue weighted by Gasteiger charge is -2.08. The van der Waals surface area contributed by atoms with E-state index < -0.39 is 0 Å². The van der Waals surface area contributed by atoms with Crippen LogP contribution in [0.15, 0.2) is 23.5 Å². The molecule has 5 heteroatoms. The molecule has 15 heavy (non-hydrogen) atoms. The molecule has 0 spiro atoms. The van der Waals surface area contributed by atoms with Gasteiger partial charge in [0.15, 0.2) is 0 Å². The number of hydrogen-bond acceptors (Lipinski definition) is 3. The van der Waals surface area contributed by atoms with Gasteiger partial charge in [0.2, 0.25) is 5.96 Å². The third-order valence-electron chi connectivity index (χ3n) is 1.77. The number of hydrogen-bond donors (Lipinski definition) is 3. The van der Waals surface area contributed by atoms with E-state index >= 15 is 0 Å². The zero-order chi connectivity index (χ0) is 11.1. The molecule has 1 heterocycles. The molecular formula is C10H17N5. The molecule has 0 aliphatic heterocycles. The van der Waals surface area contributed by atoms with E-state index in [1.54, 1.807) is 12.4 Å². The number of pyridine rings is 1. The van der Waals surface area contributed by atoms with Gasteiger partial charge in [-0.15, -0.1) is 0 Å². The number of hydrazine groups is 1. The maximum atomic E-state index is 5.34. The first-order valence-corrected chi connectivity index (χ1v) is 4.96. The van der Waals surface area contributed by atoms with Gasteiger partial charge in [-0.1, -0.05) is 6.92 Å². The summed E-state index contributed by atoms with van der Waals surface area (Å²) in [7, 11) is 0. The number of nitrogens with two attached hydrogens (primary N) is 1. The van der Waals surface area contributed by atoms with Gasteiger partial charge in [-0.25, -0.2) is 5.84 Å². The molecule has 5 nitrogen and oxygen atoms in total. The Labute approximate surface area is 89.8 Å². The highest BCUT2D eigenvalue weighted by molar-refractivity contribution is 5.93. The van der Waals surface area contributed by atoms with Crippen molar-refractivity contribution in [2.75, 3.05) is 11.9 Å². The van der Waals surface area contributed by atoms with Gasteiger partial charge in [0.1, 0.15) is 0 Å². The van der Waals surface area contributed by atoms with Gasteiger partial charge in [0.05, 0.1) is 11.9 Å². The van der Waals surface area contributed by atoms with Crippen molar-refractivity contribution in [2.45, 2.75) is 20.3 Å². The number of guanidine groups is 1. The fourth-order valence-corrected chi connectivity index (χ4v) is 1.10. The molecule has 0 saturated heterocycles. The number of aliphatic imine (C=N–C) groups is 1. The van der Waals surface area contributed by atoms with Crippen molar-refractivity contribution in [3.8, 4) is 0 Å². The molecule has 0 fully saturated rings. The van der Waals surface area contributed by atoms with Crippen molar-refractivity contribution in [1.29, 1.82) is 0 Å². The number of rotatable bonds is 3. The van der Waals surface area contributed by atoms with Crippen molar-refractivity contribution in [3.63, 3.8) is 0 Å². The summed E-state index contributed by atoms with van der Waals surface area (Å²) in [6.07, 6.45) is 4.51. The molecule has 0 radical (unpaired) electrons. The Hall–Kier alpha value is -1.62. The lowest BCUT2D eigenvalue weighted by Crippen LogP contribution is -2.36. The van der Waals surface area contributed by atoms with E-state index in [9.17, 15) is 0 Å². The largest absolute Gasteiger partial charge is 0.324 e. The van der Waals surface area contributed by atoms with Crippen LogP contribution in [0, 0.1) is 6.92 Å². The molecule has 0 aliphatic rings. The second-order valence-electron chi connectivity index (χ2n) is 3.25. The molecule has 1 aromatic rings. The average Bonchev–Trinajstić information content (AvgIpc) is 2.24. The molecule has 82 valence electrons. The van der Waals surface area contributed by atoms with Crippen molar-refractivity contribution in [3.05, 3.63) is 24.0 Å². The first-order valence-electron chi connectivity index (χ1n) is 4.96. The standard InChI is InChI=1S/C10H17N5/c1-3-4-13-10(15-11)14-9-5-8(2)6-12-7-9/h5-7H,3-4,11H2,1-2H3,(H2,13,14,15). The Bertz CT molecular complexity index is 334. The SMILES string of the molecule is CCCN=C(NN)Nc1cncc(C)c1. The van der Waals surface area contributed by atoms with Crippen LogP contribution >= 0.6 is 0 Å². The molecule has 4 N–H and O–H groups in total. The quantitative estimate of drug-likeness (QED) is 0.299. The van der Waals surface area contributed by atoms with Crippen molar-refractivity contribution >= 4 is 11.6 Å². The summed E-state index contributed by atoms with van der Waals surface area (Å²) in [6.45, 7) is 4.79. The van der Waals surface area contributed by atoms with Crippen molar-refractivity contribution in [2.24, 2.45) is 10.8 Å². The summed E-state index contributed by atoms with van der Waals surface area (Å²) in [5.74, 6) is 5.90. The zero-order valence-electron chi connectivity index (χ0n) is 9.12. The molecule has 0 aromatic carbocycles. The molecule has 0 amide bonds. The van der Waals surface area contributed by atoms with E-state index in [2.05, 4.69) is 27.6 Å². The highest BCUT2D eigenvalue weighted by Gasteiger charge is 1.97. The Balaban J connectivity index is 2.66. The maximum absolute atomic E-state index is 5.34. The zero-order valence-corrected chi connectivity index (χ0v) is 9.12. The van der Waals surface area contributed by atoms with E-state index in [0.29, 0.717) is 5.96 Å². The first kappa shape index (κ1) is 11.5. The second kappa shape index (κ2) is 5.98. The Morgan fingerprint density at radius 1 is 1.53 bits per heavy atom. The number of anilines is 1. The number of nitrogens with one attached hydrogen (secondary N) is 2. The Morgan fingerprint density at radius 3 is 2.93 bits per heavy atom. The van der Waals surface area contributed by atoms with Crippen LogP contribution in [0.1, 0.15) is 18.9 Å². The summed E-state index contributed by atoms with van der Waals surface area (Å²) in [6, 6.07) is 1.98. The van der Waals surface area contributed by atoms with E-state index in [0.717, 1.165) is 24.2 Å². The fraction of sp³-hybridized carbons (Fsp3) is 0.400. The molecule has 0 saturated carbocycles. The lowest BCUT2D eigenvalue weighted by molar-refractivity contribution is 0.905. The van der Waals surface area contributed by atoms with Crippen molar-refractivity contribution in [1.82, 2.24) is 10.4 Å². The maximum Gasteiger partial charge on any atom is 0.210 e. The van der Waals surface area contributed by atoms with E-state index in [4.69, 9.17) is 5.84 Å². The van der Waals surface area contributed by atoms with E-state index in [1.807, 2.05) is 13.0 Å². The highest BCUT2D eigenvalue weighted by Crippen LogP contribution is 2.06. The third kappa shape index (κ3) is 3.95. The average molecular weight is 207 g/mol. The monoisotopic (exact) mass is 207 g/mol. The van der Waals surface area contributed by atoms with Gasteiger partial charge < -0.3 is 5.32 Å². The molecule has 0 aliphatic carbocycles. The minimum absolute atomic E-state index is 0.559. The molecule has 0 bridgehead atoms. The molecule has 0 unspecified atom stereocenters. The number of aryl methyl sites for hydroxylation is 1. The fourth-order valence-electron chi connectivity index (χ4n) is 1.10. The summed E-state index contributed by atoms with van der Waals surface area (Å²) < 4.78 is 0. The molecule has 0 atom stereocenters. The van der Waals surface area contributed by atoms with Crippen LogP contribution in [0.25, 0.3) is 0 Å². The Morgan fingerprint density at radius 2 is 2.33 bits per heavy atom.